The maximum atomic E-state index is 11.1. The van der Waals surface area contributed by atoms with Gasteiger partial charge in [-0.05, 0) is 58.7 Å². The minimum Gasteiger partial charge on any atom is -0.302 e. The van der Waals surface area contributed by atoms with E-state index in [1.807, 2.05) is 17.6 Å². The number of rotatable bonds is 6. The van der Waals surface area contributed by atoms with E-state index >= 15 is 0 Å². The molecular weight excluding hydrogens is 508 g/mol. The molecule has 0 bridgehead atoms. The average Bonchev–Trinajstić information content (AvgIpc) is 3.21. The average molecular weight is 522 g/mol. The molecule has 12 heteroatoms. The summed E-state index contributed by atoms with van der Waals surface area (Å²) in [5, 5.41) is 24.8. The predicted octanol–water partition coefficient (Wildman–Crippen LogP) is 5.02. The van der Waals surface area contributed by atoms with Crippen LogP contribution in [0.1, 0.15) is 18.3 Å². The maximum Gasteiger partial charge on any atom is 0.312 e. The van der Waals surface area contributed by atoms with Gasteiger partial charge in [-0.3, -0.25) is 14.8 Å². The molecule has 3 aromatic rings. The van der Waals surface area contributed by atoms with Crippen molar-refractivity contribution in [1.29, 1.82) is 0 Å². The topological polar surface area (TPSA) is 91.7 Å². The van der Waals surface area contributed by atoms with Gasteiger partial charge < -0.3 is 4.57 Å². The fourth-order valence-corrected chi connectivity index (χ4v) is 5.50. The van der Waals surface area contributed by atoms with Crippen LogP contribution in [0, 0.1) is 24.0 Å². The molecule has 0 saturated carbocycles. The SMILES string of the molecule is CCn1c(SCn2nc(C)c([N+](=O)[O-])c2C)nnc1-c1cc(Br)c(Br)s1. The van der Waals surface area contributed by atoms with Crippen LogP contribution in [-0.2, 0) is 12.4 Å². The molecule has 0 amide bonds. The van der Waals surface area contributed by atoms with Crippen LogP contribution in [0.25, 0.3) is 10.7 Å². The first-order chi connectivity index (χ1) is 12.3. The number of thioether (sulfide) groups is 1. The van der Waals surface area contributed by atoms with Gasteiger partial charge in [0.15, 0.2) is 11.0 Å². The van der Waals surface area contributed by atoms with Crippen molar-refractivity contribution < 1.29 is 4.92 Å². The third-order valence-electron chi connectivity index (χ3n) is 3.74. The number of hydrogen-bond donors (Lipinski definition) is 0. The molecule has 0 unspecified atom stereocenters. The number of aromatic nitrogens is 5. The Kier molecular flexibility index (Phi) is 5.85. The van der Waals surface area contributed by atoms with Gasteiger partial charge in [0.25, 0.3) is 0 Å². The molecule has 0 aliphatic rings. The van der Waals surface area contributed by atoms with E-state index in [1.54, 1.807) is 29.9 Å². The van der Waals surface area contributed by atoms with Crippen molar-refractivity contribution in [2.75, 3.05) is 0 Å². The summed E-state index contributed by atoms with van der Waals surface area (Å²) in [4.78, 5) is 11.7. The summed E-state index contributed by atoms with van der Waals surface area (Å²) in [5.41, 5.74) is 1.02. The summed E-state index contributed by atoms with van der Waals surface area (Å²) in [5.74, 6) is 1.22. The Morgan fingerprint density at radius 2 is 2.08 bits per heavy atom. The van der Waals surface area contributed by atoms with E-state index in [4.69, 9.17) is 0 Å². The van der Waals surface area contributed by atoms with E-state index < -0.39 is 4.92 Å². The largest absolute Gasteiger partial charge is 0.312 e. The Morgan fingerprint density at radius 3 is 2.62 bits per heavy atom. The first kappa shape index (κ1) is 19.5. The number of thiophene rings is 1. The predicted molar refractivity (Wildman–Crippen MR) is 109 cm³/mol. The van der Waals surface area contributed by atoms with Crippen molar-refractivity contribution in [2.24, 2.45) is 0 Å². The zero-order chi connectivity index (χ0) is 19.0. The van der Waals surface area contributed by atoms with Crippen molar-refractivity contribution in [3.8, 4) is 10.7 Å². The van der Waals surface area contributed by atoms with Gasteiger partial charge in [0.1, 0.15) is 11.4 Å². The highest BCUT2D eigenvalue weighted by atomic mass is 79.9. The lowest BCUT2D eigenvalue weighted by Gasteiger charge is -2.06. The van der Waals surface area contributed by atoms with Crippen LogP contribution in [-0.4, -0.2) is 29.5 Å². The van der Waals surface area contributed by atoms with Gasteiger partial charge in [-0.15, -0.1) is 21.5 Å². The molecule has 3 heterocycles. The van der Waals surface area contributed by atoms with Gasteiger partial charge in [0.05, 0.1) is 19.5 Å². The molecular formula is C14H14Br2N6O2S2. The minimum atomic E-state index is -0.391. The molecule has 26 heavy (non-hydrogen) atoms. The quantitative estimate of drug-likeness (QED) is 0.257. The Labute approximate surface area is 174 Å². The van der Waals surface area contributed by atoms with Gasteiger partial charge in [-0.25, -0.2) is 0 Å². The highest BCUT2D eigenvalue weighted by molar-refractivity contribution is 9.13. The number of nitrogens with zero attached hydrogens (tertiary/aromatic N) is 6. The Bertz CT molecular complexity index is 961. The van der Waals surface area contributed by atoms with Crippen LogP contribution in [0.3, 0.4) is 0 Å². The highest BCUT2D eigenvalue weighted by Gasteiger charge is 2.22. The van der Waals surface area contributed by atoms with Crippen LogP contribution >= 0.6 is 55.0 Å². The molecule has 0 fully saturated rings. The van der Waals surface area contributed by atoms with E-state index in [0.717, 1.165) is 30.7 Å². The third kappa shape index (κ3) is 3.59. The first-order valence-electron chi connectivity index (χ1n) is 7.53. The molecule has 0 atom stereocenters. The Hall–Kier alpha value is -1.24. The van der Waals surface area contributed by atoms with Gasteiger partial charge in [-0.2, -0.15) is 5.10 Å². The van der Waals surface area contributed by atoms with Gasteiger partial charge in [0.2, 0.25) is 0 Å². The highest BCUT2D eigenvalue weighted by Crippen LogP contribution is 2.38. The van der Waals surface area contributed by atoms with E-state index in [1.165, 1.54) is 11.8 Å². The molecule has 0 N–H and O–H groups in total. The van der Waals surface area contributed by atoms with Gasteiger partial charge in [0, 0.05) is 11.0 Å². The molecule has 138 valence electrons. The van der Waals surface area contributed by atoms with Crippen LogP contribution in [0.4, 0.5) is 5.69 Å². The van der Waals surface area contributed by atoms with Gasteiger partial charge in [-0.1, -0.05) is 11.8 Å². The standard InChI is InChI=1S/C14H14Br2N6O2S2/c1-4-20-13(10-5-9(15)12(16)26-10)17-18-14(20)25-6-21-8(3)11(22(23)24)7(2)19-21/h5H,4,6H2,1-3H3. The second-order valence-electron chi connectivity index (χ2n) is 5.33. The summed E-state index contributed by atoms with van der Waals surface area (Å²) in [6.07, 6.45) is 0. The fraction of sp³-hybridized carbons (Fsp3) is 0.357. The molecule has 0 radical (unpaired) electrons. The third-order valence-corrected chi connectivity index (χ3v) is 7.93. The number of hydrogen-bond acceptors (Lipinski definition) is 7. The van der Waals surface area contributed by atoms with E-state index in [0.29, 0.717) is 17.3 Å². The monoisotopic (exact) mass is 520 g/mol. The molecule has 0 aliphatic heterocycles. The van der Waals surface area contributed by atoms with Crippen LogP contribution in [0.2, 0.25) is 0 Å². The molecule has 3 rings (SSSR count). The molecule has 0 aliphatic carbocycles. The van der Waals surface area contributed by atoms with E-state index in [2.05, 4.69) is 47.2 Å². The van der Waals surface area contributed by atoms with Crippen LogP contribution in [0.5, 0.6) is 0 Å². The van der Waals surface area contributed by atoms with E-state index in [9.17, 15) is 10.1 Å². The van der Waals surface area contributed by atoms with Crippen LogP contribution in [0.15, 0.2) is 19.5 Å². The van der Waals surface area contributed by atoms with Crippen molar-refractivity contribution in [3.05, 3.63) is 35.8 Å². The summed E-state index contributed by atoms with van der Waals surface area (Å²) in [7, 11) is 0. The number of nitro groups is 1. The molecule has 0 saturated heterocycles. The Morgan fingerprint density at radius 1 is 1.35 bits per heavy atom. The summed E-state index contributed by atoms with van der Waals surface area (Å²) in [6.45, 7) is 6.10. The summed E-state index contributed by atoms with van der Waals surface area (Å²) in [6, 6.07) is 2.00. The minimum absolute atomic E-state index is 0.0662. The van der Waals surface area contributed by atoms with Crippen molar-refractivity contribution >= 4 is 60.6 Å². The lowest BCUT2D eigenvalue weighted by Crippen LogP contribution is -2.03. The van der Waals surface area contributed by atoms with Gasteiger partial charge >= 0.3 is 5.69 Å². The molecule has 3 aromatic heterocycles. The first-order valence-corrected chi connectivity index (χ1v) is 10.9. The second-order valence-corrected chi connectivity index (χ2v) is 9.47. The molecule has 0 aromatic carbocycles. The zero-order valence-corrected chi connectivity index (χ0v) is 18.9. The van der Waals surface area contributed by atoms with Crippen molar-refractivity contribution in [1.82, 2.24) is 24.5 Å². The molecule has 8 nitrogen and oxygen atoms in total. The lowest BCUT2D eigenvalue weighted by atomic mass is 10.3. The van der Waals surface area contributed by atoms with Crippen molar-refractivity contribution in [2.45, 2.75) is 38.3 Å². The maximum absolute atomic E-state index is 11.1. The second kappa shape index (κ2) is 7.79. The Balaban J connectivity index is 1.86. The fourth-order valence-electron chi connectivity index (χ4n) is 2.52. The number of halogens is 2. The zero-order valence-electron chi connectivity index (χ0n) is 14.1. The van der Waals surface area contributed by atoms with Crippen molar-refractivity contribution in [3.63, 3.8) is 0 Å². The number of aryl methyl sites for hydroxylation is 1. The van der Waals surface area contributed by atoms with Crippen LogP contribution < -0.4 is 0 Å². The smallest absolute Gasteiger partial charge is 0.302 e. The molecule has 0 spiro atoms. The van der Waals surface area contributed by atoms with E-state index in [-0.39, 0.29) is 5.69 Å². The lowest BCUT2D eigenvalue weighted by molar-refractivity contribution is -0.386. The normalized spacial score (nSPS) is 11.3. The summed E-state index contributed by atoms with van der Waals surface area (Å²) >= 11 is 10.0. The summed E-state index contributed by atoms with van der Waals surface area (Å²) < 4.78 is 5.63.